The molecule has 4 saturated carbocycles. The van der Waals surface area contributed by atoms with E-state index in [1.54, 1.807) is 34.6 Å². The zero-order valence-corrected chi connectivity index (χ0v) is 66.7. The quantitative estimate of drug-likeness (QED) is 0.0183. The Morgan fingerprint density at radius 1 is 0.704 bits per heavy atom. The molecule has 18 atom stereocenters. The number of hydrogen-bond acceptors (Lipinski definition) is 23. The average Bonchev–Trinajstić information content (AvgIpc) is 1.57. The summed E-state index contributed by atoms with van der Waals surface area (Å²) in [7, 11) is 0. The maximum atomic E-state index is 18.1. The highest BCUT2D eigenvalue weighted by atomic mass is 19.1. The summed E-state index contributed by atoms with van der Waals surface area (Å²) in [6.07, 6.45) is 4.59. The van der Waals surface area contributed by atoms with Crippen molar-refractivity contribution in [1.29, 1.82) is 0 Å². The van der Waals surface area contributed by atoms with Gasteiger partial charge in [-0.2, -0.15) is 0 Å². The van der Waals surface area contributed by atoms with Crippen molar-refractivity contribution in [1.82, 2.24) is 37.2 Å². The lowest BCUT2D eigenvalue weighted by Gasteiger charge is -2.63. The molecule has 7 aliphatic rings. The van der Waals surface area contributed by atoms with E-state index >= 15 is 8.78 Å². The van der Waals surface area contributed by atoms with Crippen molar-refractivity contribution in [2.45, 2.75) is 218 Å². The Morgan fingerprint density at radius 3 is 1.97 bits per heavy atom. The number of amides is 9. The van der Waals surface area contributed by atoms with Gasteiger partial charge in [0.1, 0.15) is 43.0 Å². The number of Topliss-reactive ketones (excluding diaryl/α,β-unsaturated/α-hetero) is 1. The van der Waals surface area contributed by atoms with Gasteiger partial charge in [-0.15, -0.1) is 0 Å². The zero-order chi connectivity index (χ0) is 83.8. The number of aliphatic carboxylic acids is 1. The summed E-state index contributed by atoms with van der Waals surface area (Å²) in [5.41, 5.74) is -1.70. The highest BCUT2D eigenvalue weighted by Crippen LogP contribution is 2.72. The Morgan fingerprint density at radius 2 is 1.34 bits per heavy atom. The zero-order valence-electron chi connectivity index (χ0n) is 66.7. The fourth-order valence-corrected chi connectivity index (χ4v) is 17.1. The molecule has 0 aromatic heterocycles. The first-order valence-corrected chi connectivity index (χ1v) is 40.1. The number of nitrogens with two attached hydrogens (primary N) is 1. The van der Waals surface area contributed by atoms with E-state index in [1.165, 1.54) is 43.3 Å². The number of aliphatic hydroxyl groups is 2. The summed E-state index contributed by atoms with van der Waals surface area (Å²) < 4.78 is 85.8. The molecular formula is C80H117F2N9O24. The summed E-state index contributed by atoms with van der Waals surface area (Å²) >= 11 is 0. The highest BCUT2D eigenvalue weighted by Gasteiger charge is 2.80. The van der Waals surface area contributed by atoms with Crippen LogP contribution in [0.15, 0.2) is 60.2 Å². The maximum absolute atomic E-state index is 18.1. The maximum Gasteiger partial charge on any atom is 0.408 e. The normalized spacial score (nSPS) is 27.7. The second kappa shape index (κ2) is 43.0. The number of fused-ring (bicyclic) bond motifs is 8. The number of aliphatic hydroxyl groups excluding tert-OH is 2. The first kappa shape index (κ1) is 91.9. The molecule has 0 bridgehead atoms. The molecular weight excluding hydrogens is 1510 g/mol. The van der Waals surface area contributed by atoms with Gasteiger partial charge in [-0.1, -0.05) is 78.3 Å². The molecule has 1 aromatic rings. The molecule has 6 aliphatic carbocycles. The summed E-state index contributed by atoms with van der Waals surface area (Å²) in [4.78, 5) is 159. The molecule has 115 heavy (non-hydrogen) atoms. The molecule has 1 aromatic carbocycles. The first-order chi connectivity index (χ1) is 54.8. The van der Waals surface area contributed by atoms with Gasteiger partial charge in [0.25, 0.3) is 0 Å². The van der Waals surface area contributed by atoms with Crippen molar-refractivity contribution in [2.75, 3.05) is 91.1 Å². The largest absolute Gasteiger partial charge is 0.481 e. The second-order valence-electron chi connectivity index (χ2n) is 31.8. The van der Waals surface area contributed by atoms with Gasteiger partial charge in [0.2, 0.25) is 35.3 Å². The van der Waals surface area contributed by atoms with E-state index in [1.807, 2.05) is 6.92 Å². The lowest BCUT2D eigenvalue weighted by molar-refractivity contribution is -0.235. The SMILES string of the molecule is CCCC1O[C@@H]2CC3[C@@H]4C[C@H](F)C5=CC(=O)C=C[C@]5(C)[C@@]4(F)[C@@H](O)C[C@]3(C)[C@]2(C(=O)COC(=O)[C@H](CC(C)C)NC(=O)[C@H](CO)NC(=O)OCc2ccc(NC(=O)[C@H](CCCNC(N)=O)NC(=O)[C@@H](NC(=O)[C@@H](CCC(=O)O)NC(=O)CCOCCOCCOCCOCCNC(=O)OCC3[C@H]4CC/C=C\CC[C@@H]34)C(C)C)cc2)O1. The molecule has 9 amide bonds. The summed E-state index contributed by atoms with van der Waals surface area (Å²) in [5.74, 6) is -8.83. The number of carboxylic acids is 1. The third-order valence-corrected chi connectivity index (χ3v) is 23.1. The highest BCUT2D eigenvalue weighted by molar-refractivity contribution is 6.02. The van der Waals surface area contributed by atoms with E-state index in [0.29, 0.717) is 69.1 Å². The number of benzene rings is 1. The Kier molecular flexibility index (Phi) is 34.4. The fraction of sp³-hybridized carbons (Fsp3) is 0.700. The van der Waals surface area contributed by atoms with Crippen LogP contribution in [0.3, 0.4) is 0 Å². The number of alkyl halides is 2. The minimum absolute atomic E-state index is 0.00700. The van der Waals surface area contributed by atoms with Gasteiger partial charge in [0.05, 0.1) is 78.3 Å². The number of allylic oxidation sites excluding steroid dienone is 6. The topological polar surface area (TPSA) is 471 Å². The minimum atomic E-state index is -2.46. The first-order valence-electron chi connectivity index (χ1n) is 40.1. The van der Waals surface area contributed by atoms with E-state index in [2.05, 4.69) is 54.7 Å². The number of carbonyl (C=O) groups excluding carboxylic acids is 11. The molecule has 0 spiro atoms. The van der Waals surface area contributed by atoms with E-state index in [9.17, 15) is 72.9 Å². The van der Waals surface area contributed by atoms with Crippen molar-refractivity contribution in [3.8, 4) is 0 Å². The number of carbonyl (C=O) groups is 12. The molecule has 640 valence electrons. The van der Waals surface area contributed by atoms with Crippen LogP contribution in [0.1, 0.15) is 150 Å². The molecule has 3 unspecified atom stereocenters. The van der Waals surface area contributed by atoms with Crippen LogP contribution in [0.2, 0.25) is 0 Å². The lowest BCUT2D eigenvalue weighted by Crippen LogP contribution is -2.71. The number of halogens is 2. The van der Waals surface area contributed by atoms with E-state index < -0.39 is 199 Å². The molecule has 33 nitrogen and oxygen atoms in total. The van der Waals surface area contributed by atoms with Gasteiger partial charge in [0, 0.05) is 48.4 Å². The van der Waals surface area contributed by atoms with Crippen LogP contribution in [0, 0.1) is 52.3 Å². The number of esters is 1. The van der Waals surface area contributed by atoms with Gasteiger partial charge >= 0.3 is 30.2 Å². The number of rotatable bonds is 46. The van der Waals surface area contributed by atoms with E-state index in [-0.39, 0.29) is 102 Å². The lowest BCUT2D eigenvalue weighted by atomic mass is 9.44. The van der Waals surface area contributed by atoms with E-state index in [4.69, 9.17) is 48.4 Å². The van der Waals surface area contributed by atoms with Gasteiger partial charge in [-0.05, 0) is 155 Å². The number of ether oxygens (including phenoxy) is 9. The molecule has 1 heterocycles. The van der Waals surface area contributed by atoms with Crippen LogP contribution >= 0.6 is 0 Å². The number of urea groups is 1. The van der Waals surface area contributed by atoms with Crippen LogP contribution in [0.5, 0.6) is 0 Å². The van der Waals surface area contributed by atoms with Gasteiger partial charge in [-0.25, -0.2) is 28.0 Å². The molecule has 1 aliphatic heterocycles. The minimum Gasteiger partial charge on any atom is -0.481 e. The number of anilines is 1. The predicted molar refractivity (Wildman–Crippen MR) is 408 cm³/mol. The number of carboxylic acid groups (broad SMARTS) is 1. The van der Waals surface area contributed by atoms with Crippen LogP contribution in [-0.2, 0) is 92.4 Å². The third kappa shape index (κ3) is 24.1. The van der Waals surface area contributed by atoms with Gasteiger partial charge < -0.3 is 106 Å². The molecule has 0 radical (unpaired) electrons. The number of primary amides is 1. The van der Waals surface area contributed by atoms with Crippen molar-refractivity contribution in [3.63, 3.8) is 0 Å². The molecule has 13 N–H and O–H groups in total. The van der Waals surface area contributed by atoms with Crippen molar-refractivity contribution < 1.29 is 124 Å². The number of alkyl carbamates (subject to hydrolysis) is 2. The average molecular weight is 1630 g/mol. The smallest absolute Gasteiger partial charge is 0.408 e. The van der Waals surface area contributed by atoms with Crippen LogP contribution in [0.25, 0.3) is 0 Å². The fourth-order valence-electron chi connectivity index (χ4n) is 17.1. The van der Waals surface area contributed by atoms with Crippen molar-refractivity contribution in [2.24, 2.45) is 58.0 Å². The summed E-state index contributed by atoms with van der Waals surface area (Å²) in [6.45, 7) is 11.8. The monoisotopic (exact) mass is 1630 g/mol. The number of nitrogens with one attached hydrogen (secondary N) is 8. The van der Waals surface area contributed by atoms with Crippen LogP contribution < -0.4 is 48.3 Å². The Hall–Kier alpha value is -8.58. The second-order valence-corrected chi connectivity index (χ2v) is 31.8. The number of ketones is 2. The number of hydrogen-bond donors (Lipinski definition) is 12. The molecule has 5 fully saturated rings. The Bertz CT molecular complexity index is 3630. The van der Waals surface area contributed by atoms with Crippen LogP contribution in [0.4, 0.5) is 28.9 Å². The van der Waals surface area contributed by atoms with Crippen LogP contribution in [-0.4, -0.2) is 238 Å². The van der Waals surface area contributed by atoms with Gasteiger partial charge in [0.15, 0.2) is 29.9 Å². The predicted octanol–water partition coefficient (Wildman–Crippen LogP) is 4.66. The van der Waals surface area contributed by atoms with Crippen molar-refractivity contribution in [3.05, 3.63) is 65.8 Å². The van der Waals surface area contributed by atoms with Crippen molar-refractivity contribution >= 4 is 76.9 Å². The molecule has 35 heteroatoms. The third-order valence-electron chi connectivity index (χ3n) is 23.1. The summed E-state index contributed by atoms with van der Waals surface area (Å²) in [5, 5.41) is 52.2. The van der Waals surface area contributed by atoms with Gasteiger partial charge in [-0.3, -0.25) is 38.4 Å². The Labute approximate surface area is 668 Å². The summed E-state index contributed by atoms with van der Waals surface area (Å²) in [6, 6.07) is -2.16. The molecule has 8 rings (SSSR count). The standard InChI is InChI=1S/C80H117F2N9O24/c1-8-14-67-114-64-40-54-55-39-57(81)56-38-50(93)24-26-77(56,6)79(55,82)62(94)41-78(54,7)80(64,115-67)63(95)45-111-73(103)60(37-46(2)3)89-71(101)61(42-92)90-76(106)112-43-48-18-20-49(21-19-48)86-69(99)58(17-13-27-84-74(83)104)88-72(102)68(47(4)5)91-70(100)59(22-23-66(97)98)87-65(96)25-29-107-31-33-109-35-36-110-34-32-108-30-28-85-75(105)113-44-53-51-15-11-9-10-12-16-52(51)53/h9-10,18-21,24,26,38,46-47,51-55,57-62,64,67-68,92,94H,8,11-17,22-23,25,27-37,39-45H2,1-7H3,(H,85,105)(H,86,99)(H,87,96)(H,88,102)(H,89,101)(H,90,106)(H,91,100)(H,97,98)(H3,83,84,104)/b10-9-/t51-,52+,53?,54?,55-,57-,58-,59+,60-,61-,62-,64+,67?,68-,77-,78-,79-,80+/m0/s1. The van der Waals surface area contributed by atoms with E-state index in [0.717, 1.165) is 31.8 Å². The molecule has 1 saturated heterocycles. The Balaban J connectivity index is 0.755.